The largest absolute Gasteiger partial charge is 0.315 e. The van der Waals surface area contributed by atoms with Gasteiger partial charge in [0.2, 0.25) is 0 Å². The summed E-state index contributed by atoms with van der Waals surface area (Å²) in [5, 5.41) is 3.31. The van der Waals surface area contributed by atoms with Crippen LogP contribution in [0.1, 0.15) is 19.3 Å². The minimum absolute atomic E-state index is 0.743. The maximum absolute atomic E-state index is 5.48. The molecule has 9 heavy (non-hydrogen) atoms. The third-order valence-corrected chi connectivity index (χ3v) is 2.12. The van der Waals surface area contributed by atoms with E-state index in [0.29, 0.717) is 0 Å². The van der Waals surface area contributed by atoms with Gasteiger partial charge in [-0.2, -0.15) is 0 Å². The molecule has 1 N–H and O–H groups in total. The predicted octanol–water partition coefficient (Wildman–Crippen LogP) is 1.61. The summed E-state index contributed by atoms with van der Waals surface area (Å²) in [4.78, 5) is 0. The minimum Gasteiger partial charge on any atom is -0.315 e. The van der Waals surface area contributed by atoms with Crippen LogP contribution in [0.25, 0.3) is 0 Å². The summed E-state index contributed by atoms with van der Waals surface area (Å²) in [6, 6.07) is 0. The third-order valence-electron chi connectivity index (χ3n) is 1.93. The zero-order valence-corrected chi connectivity index (χ0v) is 6.45. The summed E-state index contributed by atoms with van der Waals surface area (Å²) in [6.07, 6.45) is 4.29. The van der Waals surface area contributed by atoms with E-state index in [0.717, 1.165) is 18.3 Å². The minimum atomic E-state index is 0.743. The highest BCUT2D eigenvalue weighted by Crippen LogP contribution is 2.24. The lowest BCUT2D eigenvalue weighted by molar-refractivity contribution is 0.304. The summed E-state index contributed by atoms with van der Waals surface area (Å²) >= 11 is 5.48. The van der Waals surface area contributed by atoms with Crippen LogP contribution in [0.2, 0.25) is 0 Å². The van der Waals surface area contributed by atoms with Crippen molar-refractivity contribution in [1.82, 2.24) is 5.32 Å². The number of nitrogens with one attached hydrogen (secondary N) is 1. The van der Waals surface area contributed by atoms with Crippen molar-refractivity contribution in [2.45, 2.75) is 19.3 Å². The van der Waals surface area contributed by atoms with Gasteiger partial charge in [-0.25, -0.2) is 0 Å². The standard InChI is InChI=1S/C7H14ClN/c8-4-5-9-6-7-2-1-3-7/h7,9H,1-6H2. The van der Waals surface area contributed by atoms with E-state index in [1.165, 1.54) is 25.8 Å². The predicted molar refractivity (Wildman–Crippen MR) is 40.9 cm³/mol. The van der Waals surface area contributed by atoms with E-state index in [9.17, 15) is 0 Å². The van der Waals surface area contributed by atoms with Gasteiger partial charge in [-0.3, -0.25) is 0 Å². The zero-order chi connectivity index (χ0) is 6.53. The molecule has 0 unspecified atom stereocenters. The molecule has 1 aliphatic carbocycles. The number of rotatable bonds is 4. The van der Waals surface area contributed by atoms with Crippen LogP contribution in [0.5, 0.6) is 0 Å². The number of halogens is 1. The van der Waals surface area contributed by atoms with Crippen molar-refractivity contribution in [1.29, 1.82) is 0 Å². The lowest BCUT2D eigenvalue weighted by atomic mass is 9.85. The molecule has 0 aromatic heterocycles. The summed E-state index contributed by atoms with van der Waals surface area (Å²) in [6.45, 7) is 2.16. The molecular weight excluding hydrogens is 134 g/mol. The Hall–Kier alpha value is 0.250. The van der Waals surface area contributed by atoms with E-state index in [-0.39, 0.29) is 0 Å². The Morgan fingerprint density at radius 2 is 2.22 bits per heavy atom. The Morgan fingerprint density at radius 1 is 1.44 bits per heavy atom. The molecule has 1 saturated carbocycles. The van der Waals surface area contributed by atoms with Gasteiger partial charge in [-0.1, -0.05) is 6.42 Å². The van der Waals surface area contributed by atoms with Crippen molar-refractivity contribution >= 4 is 11.6 Å². The molecule has 0 amide bonds. The molecule has 0 spiro atoms. The first-order chi connectivity index (χ1) is 4.43. The summed E-state index contributed by atoms with van der Waals surface area (Å²) in [5.41, 5.74) is 0. The van der Waals surface area contributed by atoms with Gasteiger partial charge in [-0.15, -0.1) is 11.6 Å². The molecule has 0 heterocycles. The van der Waals surface area contributed by atoms with E-state index < -0.39 is 0 Å². The van der Waals surface area contributed by atoms with Crippen molar-refractivity contribution in [3.63, 3.8) is 0 Å². The van der Waals surface area contributed by atoms with Crippen molar-refractivity contribution in [2.75, 3.05) is 19.0 Å². The van der Waals surface area contributed by atoms with Crippen molar-refractivity contribution < 1.29 is 0 Å². The molecule has 0 bridgehead atoms. The maximum atomic E-state index is 5.48. The highest BCUT2D eigenvalue weighted by Gasteiger charge is 2.15. The SMILES string of the molecule is ClCCNCC1CCC1. The Labute approximate surface area is 61.8 Å². The normalized spacial score (nSPS) is 19.7. The van der Waals surface area contributed by atoms with E-state index in [2.05, 4.69) is 5.32 Å². The van der Waals surface area contributed by atoms with Crippen molar-refractivity contribution in [3.05, 3.63) is 0 Å². The topological polar surface area (TPSA) is 12.0 Å². The molecule has 1 nitrogen and oxygen atoms in total. The fourth-order valence-electron chi connectivity index (χ4n) is 1.07. The summed E-state index contributed by atoms with van der Waals surface area (Å²) in [7, 11) is 0. The van der Waals surface area contributed by atoms with Crippen LogP contribution in [-0.2, 0) is 0 Å². The molecule has 0 aliphatic heterocycles. The quantitative estimate of drug-likeness (QED) is 0.471. The lowest BCUT2D eigenvalue weighted by Crippen LogP contribution is -2.28. The molecule has 54 valence electrons. The number of hydrogen-bond acceptors (Lipinski definition) is 1. The second-order valence-corrected chi connectivity index (χ2v) is 3.07. The van der Waals surface area contributed by atoms with Crippen LogP contribution in [0.3, 0.4) is 0 Å². The first-order valence-corrected chi connectivity index (χ1v) is 4.23. The second kappa shape index (κ2) is 4.13. The van der Waals surface area contributed by atoms with Gasteiger partial charge >= 0.3 is 0 Å². The van der Waals surface area contributed by atoms with Crippen LogP contribution < -0.4 is 5.32 Å². The van der Waals surface area contributed by atoms with E-state index in [1.807, 2.05) is 0 Å². The first kappa shape index (κ1) is 7.36. The number of alkyl halides is 1. The Kier molecular flexibility index (Phi) is 3.37. The van der Waals surface area contributed by atoms with Crippen molar-refractivity contribution in [3.8, 4) is 0 Å². The molecule has 0 aromatic carbocycles. The average Bonchev–Trinajstić information content (AvgIpc) is 1.76. The summed E-state index contributed by atoms with van der Waals surface area (Å²) < 4.78 is 0. The van der Waals surface area contributed by atoms with Gasteiger partial charge in [-0.05, 0) is 25.3 Å². The third kappa shape index (κ3) is 2.55. The molecule has 0 aromatic rings. The Bertz CT molecular complexity index is 71.3. The zero-order valence-electron chi connectivity index (χ0n) is 5.70. The van der Waals surface area contributed by atoms with Gasteiger partial charge in [0, 0.05) is 12.4 Å². The highest BCUT2D eigenvalue weighted by atomic mass is 35.5. The second-order valence-electron chi connectivity index (χ2n) is 2.69. The van der Waals surface area contributed by atoms with Gasteiger partial charge in [0.05, 0.1) is 0 Å². The monoisotopic (exact) mass is 147 g/mol. The molecule has 1 fully saturated rings. The van der Waals surface area contributed by atoms with Gasteiger partial charge in [0.1, 0.15) is 0 Å². The van der Waals surface area contributed by atoms with Crippen LogP contribution in [-0.4, -0.2) is 19.0 Å². The van der Waals surface area contributed by atoms with Gasteiger partial charge in [0.25, 0.3) is 0 Å². The van der Waals surface area contributed by atoms with Crippen LogP contribution in [0.4, 0.5) is 0 Å². The van der Waals surface area contributed by atoms with E-state index in [4.69, 9.17) is 11.6 Å². The Balaban J connectivity index is 1.80. The number of hydrogen-bond donors (Lipinski definition) is 1. The van der Waals surface area contributed by atoms with Crippen LogP contribution in [0, 0.1) is 5.92 Å². The summed E-state index contributed by atoms with van der Waals surface area (Å²) in [5.74, 6) is 1.71. The fraction of sp³-hybridized carbons (Fsp3) is 1.00. The van der Waals surface area contributed by atoms with Crippen molar-refractivity contribution in [2.24, 2.45) is 5.92 Å². The smallest absolute Gasteiger partial charge is 0.0348 e. The molecule has 1 aliphatic rings. The first-order valence-electron chi connectivity index (χ1n) is 3.70. The molecule has 0 saturated heterocycles. The fourth-order valence-corrected chi connectivity index (χ4v) is 1.20. The molecule has 0 radical (unpaired) electrons. The van der Waals surface area contributed by atoms with E-state index in [1.54, 1.807) is 0 Å². The van der Waals surface area contributed by atoms with Crippen LogP contribution >= 0.6 is 11.6 Å². The average molecular weight is 148 g/mol. The van der Waals surface area contributed by atoms with Crippen LogP contribution in [0.15, 0.2) is 0 Å². The van der Waals surface area contributed by atoms with E-state index >= 15 is 0 Å². The highest BCUT2D eigenvalue weighted by molar-refractivity contribution is 6.18. The van der Waals surface area contributed by atoms with Gasteiger partial charge in [0.15, 0.2) is 0 Å². The molecule has 2 heteroatoms. The van der Waals surface area contributed by atoms with Gasteiger partial charge < -0.3 is 5.32 Å². The molecule has 0 atom stereocenters. The lowest BCUT2D eigenvalue weighted by Gasteiger charge is -2.25. The molecular formula is C7H14ClN. The maximum Gasteiger partial charge on any atom is 0.0348 e. The molecule has 1 rings (SSSR count). The Morgan fingerprint density at radius 3 is 2.67 bits per heavy atom.